The fraction of sp³-hybridized carbons (Fsp3) is 0.176. The third-order valence-corrected chi connectivity index (χ3v) is 3.40. The molecule has 8 nitrogen and oxygen atoms in total. The van der Waals surface area contributed by atoms with Crippen LogP contribution in [0.1, 0.15) is 15.9 Å². The molecule has 2 aromatic rings. The summed E-state index contributed by atoms with van der Waals surface area (Å²) in [6.07, 6.45) is 0. The van der Waals surface area contributed by atoms with Crippen LogP contribution in [0.15, 0.2) is 36.4 Å². The molecule has 0 fully saturated rings. The van der Waals surface area contributed by atoms with Crippen LogP contribution in [-0.4, -0.2) is 37.6 Å². The van der Waals surface area contributed by atoms with Crippen molar-refractivity contribution in [3.8, 4) is 23.0 Å². The van der Waals surface area contributed by atoms with E-state index in [-0.39, 0.29) is 29.2 Å². The fourth-order valence-corrected chi connectivity index (χ4v) is 2.11. The SMILES string of the molecule is COc1ccc(C(=O)c2ccc(OCC(=O)NN)cc2O)c(OC)c1. The quantitative estimate of drug-likeness (QED) is 0.296. The van der Waals surface area contributed by atoms with Crippen LogP contribution in [0.25, 0.3) is 0 Å². The number of ether oxygens (including phenoxy) is 3. The Labute approximate surface area is 144 Å². The highest BCUT2D eigenvalue weighted by atomic mass is 16.5. The summed E-state index contributed by atoms with van der Waals surface area (Å²) in [5, 5.41) is 10.1. The van der Waals surface area contributed by atoms with Gasteiger partial charge >= 0.3 is 0 Å². The van der Waals surface area contributed by atoms with Crippen molar-refractivity contribution in [2.75, 3.05) is 20.8 Å². The van der Waals surface area contributed by atoms with Gasteiger partial charge in [-0.25, -0.2) is 5.84 Å². The van der Waals surface area contributed by atoms with Crippen LogP contribution in [0.2, 0.25) is 0 Å². The Bertz CT molecular complexity index is 791. The zero-order valence-corrected chi connectivity index (χ0v) is 13.7. The Morgan fingerprint density at radius 3 is 2.32 bits per heavy atom. The number of nitrogens with two attached hydrogens (primary N) is 1. The third kappa shape index (κ3) is 4.18. The lowest BCUT2D eigenvalue weighted by Gasteiger charge is -2.11. The Kier molecular flexibility index (Phi) is 5.80. The van der Waals surface area contributed by atoms with Gasteiger partial charge in [-0.2, -0.15) is 0 Å². The van der Waals surface area contributed by atoms with Crippen molar-refractivity contribution in [1.82, 2.24) is 5.43 Å². The van der Waals surface area contributed by atoms with Crippen LogP contribution in [0.4, 0.5) is 0 Å². The number of phenols is 1. The Morgan fingerprint density at radius 2 is 1.72 bits per heavy atom. The number of hydrogen-bond donors (Lipinski definition) is 3. The van der Waals surface area contributed by atoms with E-state index in [2.05, 4.69) is 0 Å². The number of carbonyl (C=O) groups is 2. The van der Waals surface area contributed by atoms with Gasteiger partial charge in [0.1, 0.15) is 23.0 Å². The molecule has 0 bridgehead atoms. The molecule has 0 aliphatic rings. The minimum absolute atomic E-state index is 0.0686. The number of benzene rings is 2. The molecule has 0 atom stereocenters. The monoisotopic (exact) mass is 346 g/mol. The van der Waals surface area contributed by atoms with Crippen molar-refractivity contribution in [1.29, 1.82) is 0 Å². The van der Waals surface area contributed by atoms with Crippen LogP contribution in [0.5, 0.6) is 23.0 Å². The maximum atomic E-state index is 12.7. The molecule has 8 heteroatoms. The number of hydrogen-bond acceptors (Lipinski definition) is 7. The van der Waals surface area contributed by atoms with E-state index in [4.69, 9.17) is 20.1 Å². The molecule has 0 aliphatic carbocycles. The van der Waals surface area contributed by atoms with E-state index in [1.54, 1.807) is 18.2 Å². The number of phenolic OH excluding ortho intramolecular Hbond substituents is 1. The first-order valence-corrected chi connectivity index (χ1v) is 7.22. The number of aromatic hydroxyl groups is 1. The number of hydrazine groups is 1. The van der Waals surface area contributed by atoms with Crippen molar-refractivity contribution in [3.05, 3.63) is 47.5 Å². The topological polar surface area (TPSA) is 120 Å². The molecule has 0 saturated heterocycles. The lowest BCUT2D eigenvalue weighted by atomic mass is 10.0. The van der Waals surface area contributed by atoms with E-state index in [0.29, 0.717) is 11.5 Å². The Morgan fingerprint density at radius 1 is 1.04 bits per heavy atom. The predicted octanol–water partition coefficient (Wildman–Crippen LogP) is 1.01. The third-order valence-electron chi connectivity index (χ3n) is 3.40. The largest absolute Gasteiger partial charge is 0.507 e. The number of carbonyl (C=O) groups excluding carboxylic acids is 2. The van der Waals surface area contributed by atoms with E-state index < -0.39 is 11.7 Å². The summed E-state index contributed by atoms with van der Waals surface area (Å²) in [6, 6.07) is 8.86. The lowest BCUT2D eigenvalue weighted by molar-refractivity contribution is -0.123. The molecule has 2 aromatic carbocycles. The molecular weight excluding hydrogens is 328 g/mol. The normalized spacial score (nSPS) is 10.0. The van der Waals surface area contributed by atoms with E-state index >= 15 is 0 Å². The molecule has 1 amide bonds. The average Bonchev–Trinajstić information content (AvgIpc) is 2.64. The number of rotatable bonds is 7. The Balaban J connectivity index is 2.26. The molecule has 0 saturated carbocycles. The highest BCUT2D eigenvalue weighted by Crippen LogP contribution is 2.31. The van der Waals surface area contributed by atoms with Crippen LogP contribution in [0, 0.1) is 0 Å². The van der Waals surface area contributed by atoms with Gasteiger partial charge in [0.2, 0.25) is 0 Å². The minimum Gasteiger partial charge on any atom is -0.507 e. The summed E-state index contributed by atoms with van der Waals surface area (Å²) in [6.45, 7) is -0.310. The second-order valence-corrected chi connectivity index (χ2v) is 4.93. The molecule has 0 unspecified atom stereocenters. The van der Waals surface area contributed by atoms with E-state index in [1.807, 2.05) is 5.43 Å². The van der Waals surface area contributed by atoms with Crippen LogP contribution >= 0.6 is 0 Å². The van der Waals surface area contributed by atoms with E-state index in [0.717, 1.165) is 0 Å². The van der Waals surface area contributed by atoms with Gasteiger partial charge in [-0.05, 0) is 24.3 Å². The first-order chi connectivity index (χ1) is 12.0. The summed E-state index contributed by atoms with van der Waals surface area (Å²) in [5.74, 6) is 4.80. The molecular formula is C17H18N2O6. The molecule has 2 rings (SSSR count). The second kappa shape index (κ2) is 8.02. The van der Waals surface area contributed by atoms with Gasteiger partial charge in [-0.15, -0.1) is 0 Å². The van der Waals surface area contributed by atoms with Gasteiger partial charge in [-0.1, -0.05) is 0 Å². The summed E-state index contributed by atoms with van der Waals surface area (Å²) in [4.78, 5) is 23.7. The van der Waals surface area contributed by atoms with Crippen molar-refractivity contribution in [2.24, 2.45) is 5.84 Å². The maximum Gasteiger partial charge on any atom is 0.271 e. The fourth-order valence-electron chi connectivity index (χ4n) is 2.11. The maximum absolute atomic E-state index is 12.7. The molecule has 0 aromatic heterocycles. The molecule has 132 valence electrons. The molecule has 25 heavy (non-hydrogen) atoms. The molecule has 4 N–H and O–H groups in total. The van der Waals surface area contributed by atoms with Crippen molar-refractivity contribution >= 4 is 11.7 Å². The molecule has 0 spiro atoms. The van der Waals surface area contributed by atoms with Crippen molar-refractivity contribution in [3.63, 3.8) is 0 Å². The van der Waals surface area contributed by atoms with Crippen LogP contribution in [0.3, 0.4) is 0 Å². The molecule has 0 radical (unpaired) electrons. The molecule has 0 heterocycles. The molecule has 0 aliphatic heterocycles. The van der Waals surface area contributed by atoms with Crippen molar-refractivity contribution in [2.45, 2.75) is 0 Å². The minimum atomic E-state index is -0.525. The van der Waals surface area contributed by atoms with Crippen LogP contribution < -0.4 is 25.5 Å². The summed E-state index contributed by atoms with van der Waals surface area (Å²) < 4.78 is 15.5. The number of amides is 1. The highest BCUT2D eigenvalue weighted by Gasteiger charge is 2.19. The van der Waals surface area contributed by atoms with E-state index in [9.17, 15) is 14.7 Å². The van der Waals surface area contributed by atoms with Gasteiger partial charge in [0.15, 0.2) is 12.4 Å². The first kappa shape index (κ1) is 18.1. The van der Waals surface area contributed by atoms with Gasteiger partial charge in [-0.3, -0.25) is 15.0 Å². The zero-order valence-electron chi connectivity index (χ0n) is 13.7. The first-order valence-electron chi connectivity index (χ1n) is 7.22. The van der Waals surface area contributed by atoms with Crippen molar-refractivity contribution < 1.29 is 28.9 Å². The van der Waals surface area contributed by atoms with Gasteiger partial charge in [0, 0.05) is 12.1 Å². The summed E-state index contributed by atoms with van der Waals surface area (Å²) in [7, 11) is 2.94. The number of methoxy groups -OCH3 is 2. The lowest BCUT2D eigenvalue weighted by Crippen LogP contribution is -2.34. The van der Waals surface area contributed by atoms with E-state index in [1.165, 1.54) is 32.4 Å². The average molecular weight is 346 g/mol. The van der Waals surface area contributed by atoms with Gasteiger partial charge in [0.05, 0.1) is 25.3 Å². The number of ketones is 1. The standard InChI is InChI=1S/C17H18N2O6/c1-23-10-3-6-13(15(8-10)24-2)17(22)12-5-4-11(7-14(12)20)25-9-16(21)19-18/h3-8,20H,9,18H2,1-2H3,(H,19,21). The predicted molar refractivity (Wildman–Crippen MR) is 88.9 cm³/mol. The summed E-state index contributed by atoms with van der Waals surface area (Å²) in [5.41, 5.74) is 2.26. The smallest absolute Gasteiger partial charge is 0.271 e. The zero-order chi connectivity index (χ0) is 18.4. The van der Waals surface area contributed by atoms with Gasteiger partial charge < -0.3 is 19.3 Å². The Hall–Kier alpha value is -3.26. The summed E-state index contributed by atoms with van der Waals surface area (Å²) >= 11 is 0. The van der Waals surface area contributed by atoms with Gasteiger partial charge in [0.25, 0.3) is 5.91 Å². The number of nitrogens with one attached hydrogen (secondary N) is 1. The highest BCUT2D eigenvalue weighted by molar-refractivity contribution is 6.12. The van der Waals surface area contributed by atoms with Crippen LogP contribution in [-0.2, 0) is 4.79 Å². The second-order valence-electron chi connectivity index (χ2n) is 4.93.